The Kier molecular flexibility index (Phi) is 1.48. The van der Waals surface area contributed by atoms with Crippen LogP contribution < -0.4 is 0 Å². The summed E-state index contributed by atoms with van der Waals surface area (Å²) in [5.41, 5.74) is 9.74. The Morgan fingerprint density at radius 1 is 0.429 bits per heavy atom. The zero-order valence-corrected chi connectivity index (χ0v) is 23.9. The fraction of sp³-hybridized carbons (Fsp3) is 1.00. The van der Waals surface area contributed by atoms with Crippen molar-refractivity contribution in [1.29, 1.82) is 0 Å². The van der Waals surface area contributed by atoms with Gasteiger partial charge in [0.15, 0.2) is 0 Å². The third kappa shape index (κ3) is 0.527. The van der Waals surface area contributed by atoms with Gasteiger partial charge < -0.3 is 0 Å². The molecule has 0 aromatic rings. The standard InChI is InChI=1S/C35H44/c1-13-15-12-16-18-20-21-19-17-14(2)23(5)22(3,4)25(7)27(9)29(11)28(10)26(8)24(13,6)30(15,16)32(18,26)34(20,28)35(21,29)33(19,27)31(17,23)25/h13-21H,12H2,1-11H3. The maximum atomic E-state index is 2.99. The van der Waals surface area contributed by atoms with Gasteiger partial charge in [-0.2, -0.15) is 0 Å². The molecule has 6 spiro atoms. The fourth-order valence-electron chi connectivity index (χ4n) is 27.4. The summed E-state index contributed by atoms with van der Waals surface area (Å²) in [5.74, 6) is 10.2. The number of rotatable bonds is 0. The highest BCUT2D eigenvalue weighted by atomic mass is 15.4. The van der Waals surface area contributed by atoms with Crippen molar-refractivity contribution in [3.63, 3.8) is 0 Å². The summed E-state index contributed by atoms with van der Waals surface area (Å²) in [6.07, 6.45) is 1.65. The number of fused-ring (bicyclic) bond motifs is 10. The molecule has 14 aliphatic rings. The maximum Gasteiger partial charge on any atom is -0.00566 e. The molecule has 35 heavy (non-hydrogen) atoms. The summed E-state index contributed by atoms with van der Waals surface area (Å²) in [6.45, 7) is 31.4. The van der Waals surface area contributed by atoms with E-state index < -0.39 is 0 Å². The van der Waals surface area contributed by atoms with Gasteiger partial charge in [-0.15, -0.1) is 0 Å². The molecule has 14 aliphatic carbocycles. The summed E-state index contributed by atoms with van der Waals surface area (Å²) >= 11 is 0. The van der Waals surface area contributed by atoms with Crippen LogP contribution in [0.5, 0.6) is 0 Å². The molecule has 0 aromatic heterocycles. The van der Waals surface area contributed by atoms with Gasteiger partial charge in [-0.1, -0.05) is 76.2 Å². The number of hydrogen-bond donors (Lipinski definition) is 0. The Labute approximate surface area is 211 Å². The fourth-order valence-corrected chi connectivity index (χ4v) is 27.4. The monoisotopic (exact) mass is 464 g/mol. The van der Waals surface area contributed by atoms with E-state index in [2.05, 4.69) is 76.2 Å². The SMILES string of the molecule is CC1C2CC3C4C5C6C7C8C(C)C9(C)C(C)(C)C%10(C)C%11(C)C%12(C)C%13(C)C%14(C)C1(C)C23C4%14C5%13C6%12C7%11C89%10. The van der Waals surface area contributed by atoms with Gasteiger partial charge in [0.1, 0.15) is 0 Å². The van der Waals surface area contributed by atoms with Crippen LogP contribution >= 0.6 is 0 Å². The molecule has 0 radical (unpaired) electrons. The Morgan fingerprint density at radius 3 is 1.63 bits per heavy atom. The van der Waals surface area contributed by atoms with E-state index >= 15 is 0 Å². The molecule has 0 saturated heterocycles. The third-order valence-corrected chi connectivity index (χ3v) is 25.5. The molecule has 0 bridgehead atoms. The predicted octanol–water partition coefficient (Wildman–Crippen LogP) is 7.14. The summed E-state index contributed by atoms with van der Waals surface area (Å²) in [5, 5.41) is 0. The van der Waals surface area contributed by atoms with Crippen LogP contribution in [0.25, 0.3) is 0 Å². The molecule has 0 aliphatic heterocycles. The normalized spacial score (nSPS) is 103. The van der Waals surface area contributed by atoms with Gasteiger partial charge in [-0.25, -0.2) is 0 Å². The van der Waals surface area contributed by atoms with Gasteiger partial charge in [0, 0.05) is 0 Å². The first-order valence-electron chi connectivity index (χ1n) is 16.2. The van der Waals surface area contributed by atoms with E-state index in [1.165, 1.54) is 23.7 Å². The summed E-state index contributed by atoms with van der Waals surface area (Å²) < 4.78 is 0. The van der Waals surface area contributed by atoms with Crippen LogP contribution in [0.15, 0.2) is 0 Å². The van der Waals surface area contributed by atoms with Crippen LogP contribution in [-0.2, 0) is 0 Å². The molecule has 14 rings (SSSR count). The van der Waals surface area contributed by atoms with Crippen LogP contribution in [0.3, 0.4) is 0 Å². The highest BCUT2D eigenvalue weighted by Crippen LogP contribution is 3.42. The zero-order chi connectivity index (χ0) is 23.9. The van der Waals surface area contributed by atoms with Crippen LogP contribution in [0.1, 0.15) is 82.6 Å². The second-order valence-electron chi connectivity index (χ2n) is 20.2. The van der Waals surface area contributed by atoms with Crippen LogP contribution in [0, 0.1) is 129 Å². The second-order valence-corrected chi connectivity index (χ2v) is 20.2. The average Bonchev–Trinajstić information content (AvgIpc) is 2.78. The highest BCUT2D eigenvalue weighted by Gasteiger charge is 3.39. The van der Waals surface area contributed by atoms with Gasteiger partial charge in [-0.3, -0.25) is 0 Å². The van der Waals surface area contributed by atoms with Crippen LogP contribution in [0.2, 0.25) is 0 Å². The first-order valence-corrected chi connectivity index (χ1v) is 16.2. The van der Waals surface area contributed by atoms with Crippen molar-refractivity contribution in [3.05, 3.63) is 0 Å². The minimum absolute atomic E-state index is 0.498. The minimum atomic E-state index is 0.498. The van der Waals surface area contributed by atoms with Crippen LogP contribution in [-0.4, -0.2) is 0 Å². The average molecular weight is 465 g/mol. The number of hydrogen-bond acceptors (Lipinski definition) is 0. The van der Waals surface area contributed by atoms with Crippen molar-refractivity contribution in [1.82, 2.24) is 0 Å². The molecule has 0 amide bonds. The van der Waals surface area contributed by atoms with Gasteiger partial charge in [0.2, 0.25) is 0 Å². The molecule has 0 heterocycles. The molecule has 14 saturated carbocycles. The molecule has 0 heteroatoms. The minimum Gasteiger partial charge on any atom is -0.0617 e. The van der Waals surface area contributed by atoms with Gasteiger partial charge in [0.05, 0.1) is 0 Å². The molecular formula is C35H44. The second kappa shape index (κ2) is 2.95. The Bertz CT molecular complexity index is 1520. The Morgan fingerprint density at radius 2 is 0.943 bits per heavy atom. The smallest absolute Gasteiger partial charge is 0.00566 e. The summed E-state index contributed by atoms with van der Waals surface area (Å²) in [4.78, 5) is 0. The van der Waals surface area contributed by atoms with Crippen molar-refractivity contribution in [3.8, 4) is 0 Å². The quantitative estimate of drug-likeness (QED) is 0.357. The molecule has 14 fully saturated rings. The molecular weight excluding hydrogens is 420 g/mol. The Hall–Kier alpha value is 0. The molecule has 22 unspecified atom stereocenters. The summed E-state index contributed by atoms with van der Waals surface area (Å²) in [6, 6.07) is 0. The van der Waals surface area contributed by atoms with Crippen LogP contribution in [0.4, 0.5) is 0 Å². The van der Waals surface area contributed by atoms with E-state index in [4.69, 9.17) is 0 Å². The topological polar surface area (TPSA) is 0 Å². The van der Waals surface area contributed by atoms with Crippen molar-refractivity contribution < 1.29 is 0 Å². The van der Waals surface area contributed by atoms with Gasteiger partial charge >= 0.3 is 0 Å². The van der Waals surface area contributed by atoms with E-state index in [1.807, 2.05) is 0 Å². The van der Waals surface area contributed by atoms with E-state index in [-0.39, 0.29) is 0 Å². The molecule has 0 nitrogen and oxygen atoms in total. The van der Waals surface area contributed by atoms with Crippen molar-refractivity contribution in [2.24, 2.45) is 129 Å². The first kappa shape index (κ1) is 17.6. The largest absolute Gasteiger partial charge is 0.0617 e. The highest BCUT2D eigenvalue weighted by molar-refractivity contribution is 5.85. The molecule has 22 atom stereocenters. The lowest BCUT2D eigenvalue weighted by Gasteiger charge is -3.40. The summed E-state index contributed by atoms with van der Waals surface area (Å²) in [7, 11) is 0. The maximum absolute atomic E-state index is 2.99. The third-order valence-electron chi connectivity index (χ3n) is 25.5. The zero-order valence-electron chi connectivity index (χ0n) is 23.9. The lowest BCUT2D eigenvalue weighted by molar-refractivity contribution is -0.950. The molecule has 184 valence electrons. The van der Waals surface area contributed by atoms with E-state index in [9.17, 15) is 0 Å². The Balaban J connectivity index is 1.13. The van der Waals surface area contributed by atoms with Crippen molar-refractivity contribution in [2.75, 3.05) is 0 Å². The van der Waals surface area contributed by atoms with E-state index in [1.54, 1.807) is 6.42 Å². The first-order chi connectivity index (χ1) is 16.2. The van der Waals surface area contributed by atoms with E-state index in [0.717, 1.165) is 62.1 Å². The lowest BCUT2D eigenvalue weighted by atomic mass is 8.63. The predicted molar refractivity (Wildman–Crippen MR) is 133 cm³/mol. The van der Waals surface area contributed by atoms with Gasteiger partial charge in [0.25, 0.3) is 0 Å². The van der Waals surface area contributed by atoms with Gasteiger partial charge in [-0.05, 0) is 135 Å². The van der Waals surface area contributed by atoms with E-state index in [0.29, 0.717) is 43.3 Å². The van der Waals surface area contributed by atoms with Crippen molar-refractivity contribution in [2.45, 2.75) is 82.6 Å². The lowest BCUT2D eigenvalue weighted by Crippen LogP contribution is -3.38. The molecule has 0 aromatic carbocycles. The van der Waals surface area contributed by atoms with Crippen molar-refractivity contribution >= 4 is 0 Å². The molecule has 0 N–H and O–H groups in total.